The van der Waals surface area contributed by atoms with Crippen LogP contribution >= 0.6 is 22.9 Å². The third-order valence-corrected chi connectivity index (χ3v) is 3.67. The van der Waals surface area contributed by atoms with Gasteiger partial charge < -0.3 is 0 Å². The van der Waals surface area contributed by atoms with Crippen molar-refractivity contribution in [3.8, 4) is 11.3 Å². The maximum Gasteiger partial charge on any atom is 0.270 e. The van der Waals surface area contributed by atoms with Crippen LogP contribution in [-0.2, 0) is 5.88 Å². The molecule has 0 amide bonds. The van der Waals surface area contributed by atoms with Crippen molar-refractivity contribution in [1.82, 2.24) is 4.98 Å². The van der Waals surface area contributed by atoms with Crippen LogP contribution in [0.5, 0.6) is 0 Å². The quantitative estimate of drug-likeness (QED) is 0.484. The molecule has 1 aromatic heterocycles. The zero-order valence-electron chi connectivity index (χ0n) is 9.01. The first-order valence-electron chi connectivity index (χ1n) is 4.89. The monoisotopic (exact) mass is 268 g/mol. The van der Waals surface area contributed by atoms with E-state index in [-0.39, 0.29) is 5.69 Å². The normalized spacial score (nSPS) is 10.5. The topological polar surface area (TPSA) is 56.0 Å². The number of benzene rings is 1. The van der Waals surface area contributed by atoms with Crippen LogP contribution < -0.4 is 0 Å². The number of thiazole rings is 1. The molecule has 0 radical (unpaired) electrons. The average Bonchev–Trinajstić information content (AvgIpc) is 2.71. The molecule has 6 heteroatoms. The van der Waals surface area contributed by atoms with Gasteiger partial charge in [0, 0.05) is 22.6 Å². The van der Waals surface area contributed by atoms with Crippen molar-refractivity contribution >= 4 is 28.6 Å². The van der Waals surface area contributed by atoms with Crippen molar-refractivity contribution in [2.75, 3.05) is 0 Å². The van der Waals surface area contributed by atoms with Crippen molar-refractivity contribution in [3.63, 3.8) is 0 Å². The van der Waals surface area contributed by atoms with Gasteiger partial charge in [-0.15, -0.1) is 22.9 Å². The molecule has 0 saturated carbocycles. The summed E-state index contributed by atoms with van der Waals surface area (Å²) in [7, 11) is 0. The molecular formula is C11H9ClN2O2S. The molecule has 0 aliphatic carbocycles. The van der Waals surface area contributed by atoms with Gasteiger partial charge in [-0.3, -0.25) is 10.1 Å². The number of hydrogen-bond donors (Lipinski definition) is 0. The van der Waals surface area contributed by atoms with Gasteiger partial charge in [0.2, 0.25) is 0 Å². The first kappa shape index (κ1) is 12.0. The van der Waals surface area contributed by atoms with Gasteiger partial charge in [-0.1, -0.05) is 12.1 Å². The molecule has 0 bridgehead atoms. The Kier molecular flexibility index (Phi) is 3.40. The fourth-order valence-electron chi connectivity index (χ4n) is 1.54. The second-order valence-corrected chi connectivity index (χ2v) is 5.01. The van der Waals surface area contributed by atoms with Crippen molar-refractivity contribution in [3.05, 3.63) is 44.3 Å². The first-order chi connectivity index (χ1) is 8.11. The summed E-state index contributed by atoms with van der Waals surface area (Å²) in [6.45, 7) is 1.93. The minimum Gasteiger partial charge on any atom is -0.258 e. The van der Waals surface area contributed by atoms with Crippen molar-refractivity contribution < 1.29 is 4.92 Å². The molecule has 0 saturated heterocycles. The number of aromatic nitrogens is 1. The highest BCUT2D eigenvalue weighted by Gasteiger charge is 2.12. The Hall–Kier alpha value is -1.46. The molecule has 0 atom stereocenters. The number of nitrogens with zero attached hydrogens (tertiary/aromatic N) is 2. The van der Waals surface area contributed by atoms with E-state index in [2.05, 4.69) is 4.98 Å². The lowest BCUT2D eigenvalue weighted by molar-refractivity contribution is -0.384. The zero-order valence-corrected chi connectivity index (χ0v) is 10.6. The number of non-ortho nitro benzene ring substituents is 1. The number of nitro benzene ring substituents is 1. The van der Waals surface area contributed by atoms with E-state index in [4.69, 9.17) is 11.6 Å². The van der Waals surface area contributed by atoms with Crippen LogP contribution in [-0.4, -0.2) is 9.91 Å². The van der Waals surface area contributed by atoms with Crippen LogP contribution in [0.4, 0.5) is 5.69 Å². The fraction of sp³-hybridized carbons (Fsp3) is 0.182. The van der Waals surface area contributed by atoms with Crippen LogP contribution in [0.1, 0.15) is 9.88 Å². The summed E-state index contributed by atoms with van der Waals surface area (Å²) in [5.74, 6) is 0.362. The van der Waals surface area contributed by atoms with Crippen LogP contribution in [0.2, 0.25) is 0 Å². The van der Waals surface area contributed by atoms with Crippen LogP contribution in [0.15, 0.2) is 24.3 Å². The second-order valence-electron chi connectivity index (χ2n) is 3.45. The summed E-state index contributed by atoms with van der Waals surface area (Å²) in [4.78, 5) is 15.7. The zero-order chi connectivity index (χ0) is 12.4. The smallest absolute Gasteiger partial charge is 0.258 e. The van der Waals surface area contributed by atoms with Gasteiger partial charge in [0.15, 0.2) is 0 Å². The molecule has 88 valence electrons. The van der Waals surface area contributed by atoms with Crippen molar-refractivity contribution in [1.29, 1.82) is 0 Å². The first-order valence-corrected chi connectivity index (χ1v) is 6.24. The summed E-state index contributed by atoms with van der Waals surface area (Å²) in [6.07, 6.45) is 0. The summed E-state index contributed by atoms with van der Waals surface area (Å²) in [5, 5.41) is 11.5. The van der Waals surface area contributed by atoms with E-state index in [1.807, 2.05) is 13.0 Å². The summed E-state index contributed by atoms with van der Waals surface area (Å²) in [5.41, 5.74) is 1.60. The lowest BCUT2D eigenvalue weighted by Crippen LogP contribution is -1.89. The highest BCUT2D eigenvalue weighted by molar-refractivity contribution is 7.12. The van der Waals surface area contributed by atoms with Crippen molar-refractivity contribution in [2.45, 2.75) is 12.8 Å². The Labute approximate surface area is 107 Å². The van der Waals surface area contributed by atoms with Gasteiger partial charge in [0.05, 0.1) is 16.5 Å². The van der Waals surface area contributed by atoms with E-state index in [0.717, 1.165) is 21.1 Å². The van der Waals surface area contributed by atoms with E-state index in [0.29, 0.717) is 5.88 Å². The molecule has 1 aromatic carbocycles. The fourth-order valence-corrected chi connectivity index (χ4v) is 2.57. The maximum atomic E-state index is 10.7. The van der Waals surface area contributed by atoms with Crippen LogP contribution in [0.3, 0.4) is 0 Å². The summed E-state index contributed by atoms with van der Waals surface area (Å²) >= 11 is 7.23. The van der Waals surface area contributed by atoms with Gasteiger partial charge >= 0.3 is 0 Å². The highest BCUT2D eigenvalue weighted by atomic mass is 35.5. The van der Waals surface area contributed by atoms with Crippen molar-refractivity contribution in [2.24, 2.45) is 0 Å². The predicted octanol–water partition coefficient (Wildman–Crippen LogP) is 3.77. The van der Waals surface area contributed by atoms with E-state index < -0.39 is 4.92 Å². The van der Waals surface area contributed by atoms with Crippen LogP contribution in [0.25, 0.3) is 11.3 Å². The Morgan fingerprint density at radius 2 is 2.29 bits per heavy atom. The summed E-state index contributed by atoms with van der Waals surface area (Å²) < 4.78 is 0. The minimum atomic E-state index is -0.409. The third-order valence-electron chi connectivity index (χ3n) is 2.29. The molecule has 0 aliphatic rings. The van der Waals surface area contributed by atoms with E-state index >= 15 is 0 Å². The Morgan fingerprint density at radius 1 is 1.53 bits per heavy atom. The van der Waals surface area contributed by atoms with Gasteiger partial charge in [0.1, 0.15) is 5.01 Å². The molecular weight excluding hydrogens is 260 g/mol. The molecule has 0 N–H and O–H groups in total. The molecule has 1 heterocycles. The molecule has 2 aromatic rings. The number of hydrogen-bond acceptors (Lipinski definition) is 4. The lowest BCUT2D eigenvalue weighted by Gasteiger charge is -1.98. The van der Waals surface area contributed by atoms with Gasteiger partial charge in [-0.2, -0.15) is 0 Å². The third kappa shape index (κ3) is 2.45. The summed E-state index contributed by atoms with van der Waals surface area (Å²) in [6, 6.07) is 6.47. The Bertz CT molecular complexity index is 568. The number of halogens is 1. The molecule has 0 unspecified atom stereocenters. The van der Waals surface area contributed by atoms with E-state index in [1.165, 1.54) is 23.5 Å². The second kappa shape index (κ2) is 4.81. The van der Waals surface area contributed by atoms with Gasteiger partial charge in [0.25, 0.3) is 5.69 Å². The number of rotatable bonds is 3. The predicted molar refractivity (Wildman–Crippen MR) is 68.5 cm³/mol. The number of alkyl halides is 1. The Morgan fingerprint density at radius 3 is 2.88 bits per heavy atom. The number of aryl methyl sites for hydroxylation is 1. The highest BCUT2D eigenvalue weighted by Crippen LogP contribution is 2.30. The lowest BCUT2D eigenvalue weighted by atomic mass is 10.1. The molecule has 2 rings (SSSR count). The standard InChI is InChI=1S/C11H9ClN2O2S/c1-7-11(13-10(6-12)17-7)8-3-2-4-9(5-8)14(15)16/h2-5H,6H2,1H3. The SMILES string of the molecule is Cc1sc(CCl)nc1-c1cccc([N+](=O)[O-])c1. The Balaban J connectivity index is 2.48. The van der Waals surface area contributed by atoms with Crippen LogP contribution in [0, 0.1) is 17.0 Å². The number of nitro groups is 1. The molecule has 0 aliphatic heterocycles. The average molecular weight is 269 g/mol. The van der Waals surface area contributed by atoms with Gasteiger partial charge in [-0.05, 0) is 6.92 Å². The van der Waals surface area contributed by atoms with E-state index in [9.17, 15) is 10.1 Å². The minimum absolute atomic E-state index is 0.0716. The molecule has 17 heavy (non-hydrogen) atoms. The maximum absolute atomic E-state index is 10.7. The molecule has 0 fully saturated rings. The van der Waals surface area contributed by atoms with Gasteiger partial charge in [-0.25, -0.2) is 4.98 Å². The molecule has 4 nitrogen and oxygen atoms in total. The largest absolute Gasteiger partial charge is 0.270 e. The molecule has 0 spiro atoms. The van der Waals surface area contributed by atoms with E-state index in [1.54, 1.807) is 6.07 Å².